The fourth-order valence-corrected chi connectivity index (χ4v) is 2.54. The van der Waals surface area contributed by atoms with Crippen LogP contribution in [0.15, 0.2) is 22.8 Å². The summed E-state index contributed by atoms with van der Waals surface area (Å²) in [4.78, 5) is 22.9. The lowest BCUT2D eigenvalue weighted by atomic mass is 9.81. The third-order valence-corrected chi connectivity index (χ3v) is 3.78. The summed E-state index contributed by atoms with van der Waals surface area (Å²) >= 11 is 0. The van der Waals surface area contributed by atoms with Gasteiger partial charge in [-0.15, -0.1) is 0 Å². The van der Waals surface area contributed by atoms with Crippen molar-refractivity contribution in [3.05, 3.63) is 24.2 Å². The lowest BCUT2D eigenvalue weighted by Gasteiger charge is -2.26. The predicted molar refractivity (Wildman–Crippen MR) is 68.3 cm³/mol. The van der Waals surface area contributed by atoms with E-state index in [0.29, 0.717) is 25.7 Å². The highest BCUT2D eigenvalue weighted by atomic mass is 16.4. The van der Waals surface area contributed by atoms with E-state index in [1.165, 1.54) is 0 Å². The summed E-state index contributed by atoms with van der Waals surface area (Å²) in [6.45, 7) is 1.87. The van der Waals surface area contributed by atoms with Crippen molar-refractivity contribution in [2.24, 2.45) is 11.8 Å². The maximum absolute atomic E-state index is 12.1. The van der Waals surface area contributed by atoms with Crippen LogP contribution in [0.5, 0.6) is 0 Å². The molecule has 5 nitrogen and oxygen atoms in total. The van der Waals surface area contributed by atoms with Crippen molar-refractivity contribution in [1.29, 1.82) is 0 Å². The van der Waals surface area contributed by atoms with E-state index in [1.807, 2.05) is 13.0 Å². The zero-order valence-corrected chi connectivity index (χ0v) is 11.0. The Morgan fingerprint density at radius 3 is 2.47 bits per heavy atom. The molecule has 0 spiro atoms. The van der Waals surface area contributed by atoms with E-state index in [9.17, 15) is 9.59 Å². The topological polar surface area (TPSA) is 79.5 Å². The molecule has 1 aromatic rings. The van der Waals surface area contributed by atoms with Crippen molar-refractivity contribution in [2.75, 3.05) is 0 Å². The number of nitrogens with one attached hydrogen (secondary N) is 1. The molecule has 0 aliphatic heterocycles. The Bertz CT molecular complexity index is 432. The van der Waals surface area contributed by atoms with Gasteiger partial charge in [-0.2, -0.15) is 0 Å². The van der Waals surface area contributed by atoms with Crippen molar-refractivity contribution >= 4 is 11.9 Å². The SMILES string of the molecule is CC(NC(=O)C1CCC(C(=O)O)CC1)c1ccco1. The van der Waals surface area contributed by atoms with Crippen LogP contribution in [0.1, 0.15) is 44.4 Å². The molecule has 2 N–H and O–H groups in total. The Morgan fingerprint density at radius 2 is 1.95 bits per heavy atom. The zero-order valence-electron chi connectivity index (χ0n) is 11.0. The molecule has 5 heteroatoms. The quantitative estimate of drug-likeness (QED) is 0.875. The number of carbonyl (C=O) groups excluding carboxylic acids is 1. The van der Waals surface area contributed by atoms with E-state index in [1.54, 1.807) is 12.3 Å². The van der Waals surface area contributed by atoms with Crippen LogP contribution in [-0.2, 0) is 9.59 Å². The highest BCUT2D eigenvalue weighted by Gasteiger charge is 2.30. The molecule has 19 heavy (non-hydrogen) atoms. The third kappa shape index (κ3) is 3.36. The molecule has 0 bridgehead atoms. The Hall–Kier alpha value is -1.78. The molecule has 2 rings (SSSR count). The standard InChI is InChI=1S/C14H19NO4/c1-9(12-3-2-8-19-12)15-13(16)10-4-6-11(7-5-10)14(17)18/h2-3,8-11H,4-7H2,1H3,(H,15,16)(H,17,18). The van der Waals surface area contributed by atoms with Gasteiger partial charge in [0.25, 0.3) is 0 Å². The number of rotatable bonds is 4. The smallest absolute Gasteiger partial charge is 0.306 e. The van der Waals surface area contributed by atoms with Gasteiger partial charge >= 0.3 is 5.97 Å². The van der Waals surface area contributed by atoms with Gasteiger partial charge in [-0.05, 0) is 44.7 Å². The first-order valence-electron chi connectivity index (χ1n) is 6.64. The molecule has 1 saturated carbocycles. The first-order chi connectivity index (χ1) is 9.08. The number of carboxylic acids is 1. The molecule has 1 aliphatic rings. The van der Waals surface area contributed by atoms with Gasteiger partial charge in [0.2, 0.25) is 5.91 Å². The highest BCUT2D eigenvalue weighted by molar-refractivity contribution is 5.79. The number of furan rings is 1. The van der Waals surface area contributed by atoms with Crippen LogP contribution in [0, 0.1) is 11.8 Å². The lowest BCUT2D eigenvalue weighted by Crippen LogP contribution is -2.35. The molecule has 1 heterocycles. The molecule has 1 aliphatic carbocycles. The summed E-state index contributed by atoms with van der Waals surface area (Å²) < 4.78 is 5.24. The van der Waals surface area contributed by atoms with Gasteiger partial charge in [-0.3, -0.25) is 9.59 Å². The molecule has 1 aromatic heterocycles. The Morgan fingerprint density at radius 1 is 1.32 bits per heavy atom. The maximum Gasteiger partial charge on any atom is 0.306 e. The van der Waals surface area contributed by atoms with Gasteiger partial charge in [0.05, 0.1) is 18.2 Å². The number of hydrogen-bond donors (Lipinski definition) is 2. The zero-order chi connectivity index (χ0) is 13.8. The Balaban J connectivity index is 1.83. The summed E-state index contributed by atoms with van der Waals surface area (Å²) in [6.07, 6.45) is 4.04. The van der Waals surface area contributed by atoms with Crippen molar-refractivity contribution in [2.45, 2.75) is 38.6 Å². The van der Waals surface area contributed by atoms with Gasteiger partial charge in [-0.25, -0.2) is 0 Å². The first kappa shape index (κ1) is 13.6. The van der Waals surface area contributed by atoms with Crippen LogP contribution in [0.4, 0.5) is 0 Å². The van der Waals surface area contributed by atoms with E-state index < -0.39 is 5.97 Å². The van der Waals surface area contributed by atoms with Crippen LogP contribution < -0.4 is 5.32 Å². The number of aliphatic carboxylic acids is 1. The second-order valence-corrected chi connectivity index (χ2v) is 5.13. The summed E-state index contributed by atoms with van der Waals surface area (Å²) in [5.41, 5.74) is 0. The first-order valence-corrected chi connectivity index (χ1v) is 6.64. The van der Waals surface area contributed by atoms with Gasteiger partial charge < -0.3 is 14.8 Å². The van der Waals surface area contributed by atoms with Crippen molar-refractivity contribution < 1.29 is 19.1 Å². The number of amides is 1. The number of carbonyl (C=O) groups is 2. The molecular formula is C14H19NO4. The molecule has 0 radical (unpaired) electrons. The van der Waals surface area contributed by atoms with Crippen LogP contribution in [0.25, 0.3) is 0 Å². The molecule has 1 unspecified atom stereocenters. The second kappa shape index (κ2) is 5.91. The molecule has 104 valence electrons. The van der Waals surface area contributed by atoms with Crippen LogP contribution >= 0.6 is 0 Å². The highest BCUT2D eigenvalue weighted by Crippen LogP contribution is 2.29. The van der Waals surface area contributed by atoms with Crippen molar-refractivity contribution in [1.82, 2.24) is 5.32 Å². The monoisotopic (exact) mass is 265 g/mol. The minimum Gasteiger partial charge on any atom is -0.481 e. The Labute approximate surface area is 112 Å². The molecular weight excluding hydrogens is 246 g/mol. The molecule has 1 amide bonds. The second-order valence-electron chi connectivity index (χ2n) is 5.13. The fourth-order valence-electron chi connectivity index (χ4n) is 2.54. The van der Waals surface area contributed by atoms with Gasteiger partial charge in [-0.1, -0.05) is 0 Å². The van der Waals surface area contributed by atoms with Crippen LogP contribution in [-0.4, -0.2) is 17.0 Å². The summed E-state index contributed by atoms with van der Waals surface area (Å²) in [5, 5.41) is 11.8. The minimum atomic E-state index is -0.747. The molecule has 0 saturated heterocycles. The molecule has 0 aromatic carbocycles. The Kier molecular flexibility index (Phi) is 4.24. The predicted octanol–water partition coefficient (Wildman–Crippen LogP) is 2.35. The van der Waals surface area contributed by atoms with Gasteiger partial charge in [0.15, 0.2) is 0 Å². The summed E-state index contributed by atoms with van der Waals surface area (Å²) in [5.74, 6) is -0.386. The average Bonchev–Trinajstić information content (AvgIpc) is 2.92. The van der Waals surface area contributed by atoms with E-state index in [4.69, 9.17) is 9.52 Å². The normalized spacial score (nSPS) is 24.7. The van der Waals surface area contributed by atoms with Crippen LogP contribution in [0.2, 0.25) is 0 Å². The molecule has 1 fully saturated rings. The van der Waals surface area contributed by atoms with E-state index in [-0.39, 0.29) is 23.8 Å². The van der Waals surface area contributed by atoms with Gasteiger partial charge in [0.1, 0.15) is 5.76 Å². The maximum atomic E-state index is 12.1. The molecule has 1 atom stereocenters. The van der Waals surface area contributed by atoms with Crippen LogP contribution in [0.3, 0.4) is 0 Å². The third-order valence-electron chi connectivity index (χ3n) is 3.78. The largest absolute Gasteiger partial charge is 0.481 e. The van der Waals surface area contributed by atoms with Gasteiger partial charge in [0, 0.05) is 5.92 Å². The fraction of sp³-hybridized carbons (Fsp3) is 0.571. The van der Waals surface area contributed by atoms with Crippen molar-refractivity contribution in [3.8, 4) is 0 Å². The van der Waals surface area contributed by atoms with Crippen molar-refractivity contribution in [3.63, 3.8) is 0 Å². The lowest BCUT2D eigenvalue weighted by molar-refractivity contribution is -0.144. The number of hydrogen-bond acceptors (Lipinski definition) is 3. The summed E-state index contributed by atoms with van der Waals surface area (Å²) in [7, 11) is 0. The van der Waals surface area contributed by atoms with E-state index >= 15 is 0 Å². The van der Waals surface area contributed by atoms with E-state index in [2.05, 4.69) is 5.32 Å². The minimum absolute atomic E-state index is 0.00672. The summed E-state index contributed by atoms with van der Waals surface area (Å²) in [6, 6.07) is 3.46. The average molecular weight is 265 g/mol. The number of carboxylic acid groups (broad SMARTS) is 1. The van der Waals surface area contributed by atoms with E-state index in [0.717, 1.165) is 5.76 Å².